The highest BCUT2D eigenvalue weighted by molar-refractivity contribution is 6.29. The van der Waals surface area contributed by atoms with Gasteiger partial charge in [0.05, 0.1) is 0 Å². The van der Waals surface area contributed by atoms with E-state index in [1.54, 1.807) is 6.07 Å². The molecule has 2 aromatic rings. The monoisotopic (exact) mass is 398 g/mol. The predicted octanol–water partition coefficient (Wildman–Crippen LogP) is 4.01. The zero-order chi connectivity index (χ0) is 19.7. The first-order valence-corrected chi connectivity index (χ1v) is 10.3. The van der Waals surface area contributed by atoms with Crippen LogP contribution in [-0.2, 0) is 13.0 Å². The Balaban J connectivity index is 1.61. The van der Waals surface area contributed by atoms with Crippen LogP contribution in [0.4, 0.5) is 0 Å². The van der Waals surface area contributed by atoms with E-state index in [1.807, 2.05) is 4.90 Å². The van der Waals surface area contributed by atoms with Crippen LogP contribution in [0.3, 0.4) is 0 Å². The van der Waals surface area contributed by atoms with E-state index < -0.39 is 0 Å². The van der Waals surface area contributed by atoms with Crippen molar-refractivity contribution in [1.82, 2.24) is 20.0 Å². The van der Waals surface area contributed by atoms with Crippen LogP contribution in [0.5, 0.6) is 0 Å². The molecule has 0 spiro atoms. The molecule has 6 heteroatoms. The number of likely N-dealkylation sites (N-methyl/N-ethyl adjacent to an activating group) is 1. The minimum Gasteiger partial charge on any atom is -0.333 e. The third kappa shape index (κ3) is 4.01. The Hall–Kier alpha value is -2.11. The topological polar surface area (TPSA) is 52.2 Å². The van der Waals surface area contributed by atoms with Crippen molar-refractivity contribution < 1.29 is 4.79 Å². The van der Waals surface area contributed by atoms with Gasteiger partial charge < -0.3 is 9.80 Å². The van der Waals surface area contributed by atoms with Gasteiger partial charge in [0.2, 0.25) is 0 Å². The smallest absolute Gasteiger partial charge is 0.272 e. The molecular formula is C22H27ClN4O. The van der Waals surface area contributed by atoms with Crippen LogP contribution in [0.25, 0.3) is 5.57 Å². The lowest BCUT2D eigenvalue weighted by atomic mass is 9.85. The number of carbonyl (C=O) groups excluding carboxylic acids is 1. The van der Waals surface area contributed by atoms with E-state index in [0.29, 0.717) is 23.3 Å². The van der Waals surface area contributed by atoms with Gasteiger partial charge in [0.15, 0.2) is 5.15 Å². The van der Waals surface area contributed by atoms with Crippen molar-refractivity contribution in [3.05, 3.63) is 57.9 Å². The second kappa shape index (κ2) is 8.10. The molecule has 2 aliphatic rings. The molecule has 5 nitrogen and oxygen atoms in total. The minimum atomic E-state index is -0.0277. The lowest BCUT2D eigenvalue weighted by Gasteiger charge is -2.33. The van der Waals surface area contributed by atoms with Gasteiger partial charge in [-0.25, -0.2) is 0 Å². The van der Waals surface area contributed by atoms with Crippen molar-refractivity contribution >= 4 is 23.1 Å². The molecule has 0 bridgehead atoms. The molecule has 4 rings (SSSR count). The molecule has 1 amide bonds. The number of rotatable bonds is 7. The average molecular weight is 399 g/mol. The summed E-state index contributed by atoms with van der Waals surface area (Å²) < 4.78 is 0. The van der Waals surface area contributed by atoms with Gasteiger partial charge in [0.1, 0.15) is 5.69 Å². The molecule has 1 N–H and O–H groups in total. The third-order valence-electron chi connectivity index (χ3n) is 5.74. The second-order valence-electron chi connectivity index (χ2n) is 8.21. The van der Waals surface area contributed by atoms with Crippen LogP contribution in [0.2, 0.25) is 5.15 Å². The SMILES string of the molecule is CN(C)CC1=CCc2cccc(CN(CC3CCC3)C(=O)c3cc(Cl)n[nH]3)c21. The van der Waals surface area contributed by atoms with Crippen LogP contribution in [0, 0.1) is 5.92 Å². The maximum atomic E-state index is 13.2. The Bertz CT molecular complexity index is 898. The predicted molar refractivity (Wildman–Crippen MR) is 112 cm³/mol. The molecule has 1 heterocycles. The average Bonchev–Trinajstić information content (AvgIpc) is 3.23. The van der Waals surface area contributed by atoms with E-state index in [1.165, 1.54) is 41.5 Å². The highest BCUT2D eigenvalue weighted by Crippen LogP contribution is 2.33. The number of hydrogen-bond donors (Lipinski definition) is 1. The Morgan fingerprint density at radius 3 is 2.75 bits per heavy atom. The van der Waals surface area contributed by atoms with Gasteiger partial charge in [-0.1, -0.05) is 42.3 Å². The maximum Gasteiger partial charge on any atom is 0.272 e. The fraction of sp³-hybridized carbons (Fsp3) is 0.455. The number of aromatic amines is 1. The molecular weight excluding hydrogens is 372 g/mol. The summed E-state index contributed by atoms with van der Waals surface area (Å²) in [6, 6.07) is 8.09. The summed E-state index contributed by atoms with van der Waals surface area (Å²) >= 11 is 5.93. The molecule has 0 radical (unpaired) electrons. The van der Waals surface area contributed by atoms with Gasteiger partial charge in [0.25, 0.3) is 5.91 Å². The third-order valence-corrected chi connectivity index (χ3v) is 5.94. The van der Waals surface area contributed by atoms with E-state index in [4.69, 9.17) is 11.6 Å². The second-order valence-corrected chi connectivity index (χ2v) is 8.60. The van der Waals surface area contributed by atoms with E-state index in [0.717, 1.165) is 19.5 Å². The van der Waals surface area contributed by atoms with Crippen molar-refractivity contribution in [2.24, 2.45) is 5.92 Å². The zero-order valence-corrected chi connectivity index (χ0v) is 17.3. The number of aromatic nitrogens is 2. The van der Waals surface area contributed by atoms with Crippen LogP contribution in [0.1, 0.15) is 46.4 Å². The van der Waals surface area contributed by atoms with Gasteiger partial charge in [-0.2, -0.15) is 5.10 Å². The van der Waals surface area contributed by atoms with Crippen molar-refractivity contribution in [2.75, 3.05) is 27.2 Å². The standard InChI is InChI=1S/C22H27ClN4O/c1-26(2)13-18-10-9-16-7-4-8-17(21(16)18)14-27(12-15-5-3-6-15)22(28)19-11-20(23)25-24-19/h4,7-8,10-11,15H,3,5-6,9,12-14H2,1-2H3,(H,24,25). The summed E-state index contributed by atoms with van der Waals surface area (Å²) in [6.45, 7) is 2.31. The molecule has 0 atom stereocenters. The fourth-order valence-electron chi connectivity index (χ4n) is 4.18. The minimum absolute atomic E-state index is 0.0277. The number of H-pyrrole nitrogens is 1. The Morgan fingerprint density at radius 2 is 2.11 bits per heavy atom. The molecule has 0 unspecified atom stereocenters. The number of benzene rings is 1. The molecule has 1 aromatic heterocycles. The summed E-state index contributed by atoms with van der Waals surface area (Å²) in [5.41, 5.74) is 5.72. The van der Waals surface area contributed by atoms with Gasteiger partial charge >= 0.3 is 0 Å². The number of nitrogens with one attached hydrogen (secondary N) is 1. The summed E-state index contributed by atoms with van der Waals surface area (Å²) in [5.74, 6) is 0.566. The molecule has 0 aliphatic heterocycles. The quantitative estimate of drug-likeness (QED) is 0.766. The summed E-state index contributed by atoms with van der Waals surface area (Å²) in [6.07, 6.45) is 6.96. The number of carbonyl (C=O) groups is 1. The largest absolute Gasteiger partial charge is 0.333 e. The molecule has 28 heavy (non-hydrogen) atoms. The Morgan fingerprint density at radius 1 is 1.29 bits per heavy atom. The zero-order valence-electron chi connectivity index (χ0n) is 16.5. The van der Waals surface area contributed by atoms with Crippen molar-refractivity contribution in [3.8, 4) is 0 Å². The summed E-state index contributed by atoms with van der Waals surface area (Å²) in [5, 5.41) is 7.02. The number of allylic oxidation sites excluding steroid dienone is 1. The molecule has 2 aliphatic carbocycles. The van der Waals surface area contributed by atoms with Crippen LogP contribution in [-0.4, -0.2) is 53.1 Å². The van der Waals surface area contributed by atoms with Gasteiger partial charge in [-0.3, -0.25) is 9.89 Å². The molecule has 1 aromatic carbocycles. The summed E-state index contributed by atoms with van der Waals surface area (Å²) in [4.78, 5) is 17.3. The molecule has 1 fully saturated rings. The first-order chi connectivity index (χ1) is 13.5. The van der Waals surface area contributed by atoms with Crippen LogP contribution < -0.4 is 0 Å². The first kappa shape index (κ1) is 19.2. The summed E-state index contributed by atoms with van der Waals surface area (Å²) in [7, 11) is 4.19. The molecule has 148 valence electrons. The van der Waals surface area contributed by atoms with Crippen molar-refractivity contribution in [3.63, 3.8) is 0 Å². The van der Waals surface area contributed by atoms with Crippen molar-refractivity contribution in [2.45, 2.75) is 32.2 Å². The highest BCUT2D eigenvalue weighted by Gasteiger charge is 2.27. The maximum absolute atomic E-state index is 13.2. The lowest BCUT2D eigenvalue weighted by Crippen LogP contribution is -2.37. The van der Waals surface area contributed by atoms with Crippen molar-refractivity contribution in [1.29, 1.82) is 0 Å². The lowest BCUT2D eigenvalue weighted by molar-refractivity contribution is 0.0673. The number of hydrogen-bond acceptors (Lipinski definition) is 3. The molecule has 1 saturated carbocycles. The molecule has 0 saturated heterocycles. The number of fused-ring (bicyclic) bond motifs is 1. The van der Waals surface area contributed by atoms with Gasteiger partial charge in [-0.15, -0.1) is 0 Å². The van der Waals surface area contributed by atoms with E-state index in [2.05, 4.69) is 53.5 Å². The van der Waals surface area contributed by atoms with E-state index in [9.17, 15) is 4.79 Å². The number of nitrogens with zero attached hydrogens (tertiary/aromatic N) is 3. The van der Waals surface area contributed by atoms with E-state index in [-0.39, 0.29) is 5.91 Å². The highest BCUT2D eigenvalue weighted by atomic mass is 35.5. The normalized spacial score (nSPS) is 16.1. The Kier molecular flexibility index (Phi) is 5.56. The first-order valence-electron chi connectivity index (χ1n) is 9.96. The Labute approximate surface area is 171 Å². The van der Waals surface area contributed by atoms with Gasteiger partial charge in [-0.05, 0) is 61.5 Å². The number of amides is 1. The number of halogens is 1. The fourth-order valence-corrected chi connectivity index (χ4v) is 4.33. The van der Waals surface area contributed by atoms with Gasteiger partial charge in [0, 0.05) is 25.7 Å². The van der Waals surface area contributed by atoms with Crippen LogP contribution >= 0.6 is 11.6 Å². The van der Waals surface area contributed by atoms with E-state index >= 15 is 0 Å². The van der Waals surface area contributed by atoms with Crippen LogP contribution in [0.15, 0.2) is 30.3 Å².